The minimum atomic E-state index is -3.08. The lowest BCUT2D eigenvalue weighted by molar-refractivity contribution is 0.290. The van der Waals surface area contributed by atoms with E-state index >= 15 is 0 Å². The molecule has 0 saturated heterocycles. The first kappa shape index (κ1) is 12.5. The van der Waals surface area contributed by atoms with Crippen molar-refractivity contribution < 1.29 is 14.2 Å². The van der Waals surface area contributed by atoms with Crippen LogP contribution in [0.1, 0.15) is 6.92 Å². The van der Waals surface area contributed by atoms with E-state index in [-0.39, 0.29) is 6.61 Å². The van der Waals surface area contributed by atoms with Crippen molar-refractivity contribution in [3.8, 4) is 16.9 Å². The van der Waals surface area contributed by atoms with Crippen LogP contribution in [-0.2, 0) is 4.57 Å². The van der Waals surface area contributed by atoms with Gasteiger partial charge in [0.1, 0.15) is 5.75 Å². The number of aliphatic hydroxyl groups is 1. The Bertz CT molecular complexity index is 666. The third kappa shape index (κ3) is 1.81. The predicted molar refractivity (Wildman–Crippen MR) is 76.3 cm³/mol. The standard InChI is InChI=1S/C15H15O3P/c1-11(10-16)19(17)15-9-5-3-7-13(15)12-6-2-4-8-14(12)18-19/h2-9,11,16H,10H2,1H3. The molecular weight excluding hydrogens is 259 g/mol. The molecule has 0 bridgehead atoms. The highest BCUT2D eigenvalue weighted by Gasteiger charge is 2.40. The van der Waals surface area contributed by atoms with Crippen LogP contribution in [0.3, 0.4) is 0 Å². The van der Waals surface area contributed by atoms with Crippen LogP contribution in [0.2, 0.25) is 0 Å². The molecule has 0 amide bonds. The number of para-hydroxylation sites is 1. The lowest BCUT2D eigenvalue weighted by Crippen LogP contribution is -2.26. The van der Waals surface area contributed by atoms with E-state index in [0.29, 0.717) is 11.1 Å². The maximum atomic E-state index is 13.2. The van der Waals surface area contributed by atoms with E-state index in [0.717, 1.165) is 11.1 Å². The van der Waals surface area contributed by atoms with E-state index in [9.17, 15) is 9.67 Å². The van der Waals surface area contributed by atoms with E-state index in [4.69, 9.17) is 4.52 Å². The smallest absolute Gasteiger partial charge is 0.282 e. The molecule has 0 fully saturated rings. The topological polar surface area (TPSA) is 46.5 Å². The highest BCUT2D eigenvalue weighted by Crippen LogP contribution is 2.57. The van der Waals surface area contributed by atoms with Gasteiger partial charge in [0.2, 0.25) is 0 Å². The molecule has 3 rings (SSSR count). The highest BCUT2D eigenvalue weighted by molar-refractivity contribution is 7.68. The zero-order valence-corrected chi connectivity index (χ0v) is 11.5. The summed E-state index contributed by atoms with van der Waals surface area (Å²) in [5.74, 6) is 0.629. The van der Waals surface area contributed by atoms with E-state index in [2.05, 4.69) is 0 Å². The van der Waals surface area contributed by atoms with Crippen molar-refractivity contribution in [2.45, 2.75) is 12.6 Å². The molecule has 0 spiro atoms. The predicted octanol–water partition coefficient (Wildman–Crippen LogP) is 3.03. The molecule has 2 atom stereocenters. The third-order valence-corrected chi connectivity index (χ3v) is 6.35. The molecule has 0 radical (unpaired) electrons. The Morgan fingerprint density at radius 1 is 1.11 bits per heavy atom. The van der Waals surface area contributed by atoms with E-state index in [1.165, 1.54) is 0 Å². The summed E-state index contributed by atoms with van der Waals surface area (Å²) in [6, 6.07) is 15.1. The van der Waals surface area contributed by atoms with Gasteiger partial charge >= 0.3 is 0 Å². The van der Waals surface area contributed by atoms with Gasteiger partial charge in [0.15, 0.2) is 0 Å². The Kier molecular flexibility index (Phi) is 2.96. The van der Waals surface area contributed by atoms with Crippen LogP contribution < -0.4 is 9.83 Å². The summed E-state index contributed by atoms with van der Waals surface area (Å²) in [6.07, 6.45) is 0. The van der Waals surface area contributed by atoms with Gasteiger partial charge in [-0.25, -0.2) is 0 Å². The number of benzene rings is 2. The summed E-state index contributed by atoms with van der Waals surface area (Å²) in [4.78, 5) is 0. The molecule has 0 aromatic heterocycles. The number of hydrogen-bond donors (Lipinski definition) is 1. The molecule has 0 aliphatic carbocycles. The fraction of sp³-hybridized carbons (Fsp3) is 0.200. The molecule has 0 saturated carbocycles. The average Bonchev–Trinajstić information content (AvgIpc) is 2.47. The lowest BCUT2D eigenvalue weighted by Gasteiger charge is -2.31. The highest BCUT2D eigenvalue weighted by atomic mass is 31.2. The Morgan fingerprint density at radius 2 is 1.74 bits per heavy atom. The van der Waals surface area contributed by atoms with Crippen LogP contribution >= 0.6 is 7.37 Å². The van der Waals surface area contributed by atoms with E-state index in [1.54, 1.807) is 6.92 Å². The van der Waals surface area contributed by atoms with Crippen molar-refractivity contribution >= 4 is 12.7 Å². The molecule has 2 unspecified atom stereocenters. The molecule has 2 aromatic rings. The molecule has 19 heavy (non-hydrogen) atoms. The zero-order chi connectivity index (χ0) is 13.5. The number of fused-ring (bicyclic) bond motifs is 3. The Hall–Kier alpha value is -1.57. The minimum Gasteiger partial charge on any atom is -0.439 e. The van der Waals surface area contributed by atoms with Gasteiger partial charge in [0, 0.05) is 5.56 Å². The first-order valence-corrected chi connectivity index (χ1v) is 7.95. The van der Waals surface area contributed by atoms with Crippen molar-refractivity contribution in [3.63, 3.8) is 0 Å². The van der Waals surface area contributed by atoms with Crippen molar-refractivity contribution in [1.82, 2.24) is 0 Å². The van der Waals surface area contributed by atoms with Crippen molar-refractivity contribution in [3.05, 3.63) is 48.5 Å². The maximum Gasteiger partial charge on any atom is 0.282 e. The normalized spacial score (nSPS) is 22.0. The van der Waals surface area contributed by atoms with E-state index in [1.807, 2.05) is 48.5 Å². The summed E-state index contributed by atoms with van der Waals surface area (Å²) < 4.78 is 19.0. The Morgan fingerprint density at radius 3 is 2.47 bits per heavy atom. The molecule has 1 aliphatic rings. The summed E-state index contributed by atoms with van der Waals surface area (Å²) in [5, 5.41) is 10.1. The molecule has 1 aliphatic heterocycles. The van der Waals surface area contributed by atoms with Crippen LogP contribution in [0.4, 0.5) is 0 Å². The lowest BCUT2D eigenvalue weighted by atomic mass is 10.0. The van der Waals surface area contributed by atoms with Crippen LogP contribution in [0, 0.1) is 0 Å². The number of aliphatic hydroxyl groups excluding tert-OH is 1. The quantitative estimate of drug-likeness (QED) is 0.856. The second-order valence-electron chi connectivity index (χ2n) is 4.73. The summed E-state index contributed by atoms with van der Waals surface area (Å²) >= 11 is 0. The van der Waals surface area contributed by atoms with Crippen LogP contribution in [0.25, 0.3) is 11.1 Å². The summed E-state index contributed by atoms with van der Waals surface area (Å²) in [5.41, 5.74) is 1.48. The van der Waals surface area contributed by atoms with Gasteiger partial charge in [-0.15, -0.1) is 0 Å². The number of rotatable bonds is 2. The Labute approximate surface area is 112 Å². The maximum absolute atomic E-state index is 13.2. The minimum absolute atomic E-state index is 0.159. The fourth-order valence-corrected chi connectivity index (χ4v) is 4.62. The largest absolute Gasteiger partial charge is 0.439 e. The summed E-state index contributed by atoms with van der Waals surface area (Å²) in [7, 11) is -3.08. The molecule has 98 valence electrons. The molecule has 2 aromatic carbocycles. The SMILES string of the molecule is CC(CO)P1(=O)Oc2ccccc2-c2ccccc21. The summed E-state index contributed by atoms with van der Waals surface area (Å²) in [6.45, 7) is 1.60. The van der Waals surface area contributed by atoms with Gasteiger partial charge in [-0.1, -0.05) is 36.4 Å². The van der Waals surface area contributed by atoms with Gasteiger partial charge in [-0.05, 0) is 24.6 Å². The second kappa shape index (κ2) is 4.52. The molecular formula is C15H15O3P. The molecule has 4 heteroatoms. The number of hydrogen-bond acceptors (Lipinski definition) is 3. The average molecular weight is 274 g/mol. The van der Waals surface area contributed by atoms with Crippen LogP contribution in [-0.4, -0.2) is 17.4 Å². The van der Waals surface area contributed by atoms with Gasteiger partial charge < -0.3 is 9.63 Å². The second-order valence-corrected chi connectivity index (χ2v) is 7.47. The monoisotopic (exact) mass is 274 g/mol. The fourth-order valence-electron chi connectivity index (χ4n) is 2.37. The van der Waals surface area contributed by atoms with Crippen molar-refractivity contribution in [2.75, 3.05) is 6.61 Å². The van der Waals surface area contributed by atoms with Gasteiger partial charge in [0.25, 0.3) is 7.37 Å². The van der Waals surface area contributed by atoms with Crippen molar-refractivity contribution in [2.24, 2.45) is 0 Å². The van der Waals surface area contributed by atoms with Crippen LogP contribution in [0.15, 0.2) is 48.5 Å². The van der Waals surface area contributed by atoms with Gasteiger partial charge in [-0.3, -0.25) is 4.57 Å². The molecule has 1 N–H and O–H groups in total. The van der Waals surface area contributed by atoms with Crippen LogP contribution in [0.5, 0.6) is 5.75 Å². The third-order valence-electron chi connectivity index (χ3n) is 3.50. The van der Waals surface area contributed by atoms with Gasteiger partial charge in [-0.2, -0.15) is 0 Å². The van der Waals surface area contributed by atoms with E-state index < -0.39 is 13.0 Å². The molecule has 1 heterocycles. The zero-order valence-electron chi connectivity index (χ0n) is 10.6. The van der Waals surface area contributed by atoms with Crippen molar-refractivity contribution in [1.29, 1.82) is 0 Å². The Balaban J connectivity index is 2.28. The first-order valence-electron chi connectivity index (χ1n) is 6.26. The molecule has 3 nitrogen and oxygen atoms in total. The first-order chi connectivity index (χ1) is 9.16. The van der Waals surface area contributed by atoms with Gasteiger partial charge in [0.05, 0.1) is 17.6 Å².